The Morgan fingerprint density at radius 2 is 1.72 bits per heavy atom. The minimum absolute atomic E-state index is 0.242. The lowest BCUT2D eigenvalue weighted by Crippen LogP contribution is -2.59. The van der Waals surface area contributed by atoms with Gasteiger partial charge in [0.1, 0.15) is 18.1 Å². The first-order valence-corrected chi connectivity index (χ1v) is 12.3. The lowest BCUT2D eigenvalue weighted by atomic mass is 10.0. The number of carboxylic acid groups (broad SMARTS) is 1. The number of benzene rings is 1. The predicted octanol–water partition coefficient (Wildman–Crippen LogP) is -0.0301. The molecule has 11 heteroatoms. The number of rotatable bonds is 8. The number of amides is 3. The molecule has 3 heterocycles. The fraction of sp³-hybridized carbons (Fsp3) is 0.520. The van der Waals surface area contributed by atoms with Crippen LogP contribution in [0.25, 0.3) is 10.9 Å². The molecule has 0 spiro atoms. The van der Waals surface area contributed by atoms with E-state index in [-0.39, 0.29) is 12.5 Å². The van der Waals surface area contributed by atoms with Crippen molar-refractivity contribution in [2.75, 3.05) is 13.1 Å². The molecule has 2 fully saturated rings. The smallest absolute Gasteiger partial charge is 0.326 e. The molecule has 1 aromatic carbocycles. The largest absolute Gasteiger partial charge is 0.480 e. The number of H-pyrrole nitrogens is 1. The number of aliphatic hydroxyl groups excluding tert-OH is 1. The van der Waals surface area contributed by atoms with Crippen molar-refractivity contribution in [3.63, 3.8) is 0 Å². The Labute approximate surface area is 208 Å². The summed E-state index contributed by atoms with van der Waals surface area (Å²) in [6, 6.07) is 3.74. The number of aromatic amines is 1. The highest BCUT2D eigenvalue weighted by molar-refractivity contribution is 5.95. The van der Waals surface area contributed by atoms with Gasteiger partial charge in [0, 0.05) is 30.2 Å². The summed E-state index contributed by atoms with van der Waals surface area (Å²) < 4.78 is 0. The van der Waals surface area contributed by atoms with E-state index in [1.54, 1.807) is 0 Å². The number of fused-ring (bicyclic) bond motifs is 1. The number of nitrogens with one attached hydrogen (secondary N) is 2. The second-order valence-corrected chi connectivity index (χ2v) is 9.61. The molecule has 3 amide bonds. The third-order valence-electron chi connectivity index (χ3n) is 7.14. The van der Waals surface area contributed by atoms with Crippen LogP contribution < -0.4 is 11.1 Å². The predicted molar refractivity (Wildman–Crippen MR) is 131 cm³/mol. The number of carboxylic acids is 1. The van der Waals surface area contributed by atoms with E-state index in [9.17, 15) is 29.4 Å². The molecule has 5 atom stereocenters. The number of hydrogen-bond acceptors (Lipinski definition) is 6. The highest BCUT2D eigenvalue weighted by Gasteiger charge is 2.42. The van der Waals surface area contributed by atoms with Crippen LogP contribution in [0.2, 0.25) is 0 Å². The molecular formula is C25H33N5O6. The Morgan fingerprint density at radius 1 is 1.08 bits per heavy atom. The highest BCUT2D eigenvalue weighted by atomic mass is 16.4. The van der Waals surface area contributed by atoms with Gasteiger partial charge in [-0.1, -0.05) is 18.2 Å². The molecule has 2 saturated heterocycles. The van der Waals surface area contributed by atoms with Gasteiger partial charge in [-0.25, -0.2) is 4.79 Å². The van der Waals surface area contributed by atoms with Crippen molar-refractivity contribution in [2.24, 2.45) is 5.73 Å². The van der Waals surface area contributed by atoms with Crippen molar-refractivity contribution in [3.8, 4) is 0 Å². The van der Waals surface area contributed by atoms with E-state index in [0.717, 1.165) is 16.5 Å². The summed E-state index contributed by atoms with van der Waals surface area (Å²) in [4.78, 5) is 56.7. The zero-order valence-electron chi connectivity index (χ0n) is 20.2. The van der Waals surface area contributed by atoms with Crippen LogP contribution in [0.5, 0.6) is 0 Å². The SMILES string of the molecule is CC(O)C(NC(=O)C1CCCN1C(=O)C(N)Cc1c[nH]c2ccccc12)C(=O)N1CCCC1C(=O)O. The van der Waals surface area contributed by atoms with Crippen LogP contribution in [0.15, 0.2) is 30.5 Å². The topological polar surface area (TPSA) is 169 Å². The maximum absolute atomic E-state index is 13.2. The lowest BCUT2D eigenvalue weighted by Gasteiger charge is -2.31. The second-order valence-electron chi connectivity index (χ2n) is 9.61. The summed E-state index contributed by atoms with van der Waals surface area (Å²) in [6.07, 6.45) is 2.74. The summed E-state index contributed by atoms with van der Waals surface area (Å²) in [5, 5.41) is 23.2. The molecule has 36 heavy (non-hydrogen) atoms. The van der Waals surface area contributed by atoms with Crippen molar-refractivity contribution in [1.29, 1.82) is 0 Å². The fourth-order valence-corrected chi connectivity index (χ4v) is 5.24. The number of nitrogens with zero attached hydrogens (tertiary/aromatic N) is 2. The molecule has 6 N–H and O–H groups in total. The molecule has 4 rings (SSSR count). The van der Waals surface area contributed by atoms with Crippen LogP contribution in [-0.4, -0.2) is 92.0 Å². The first-order valence-electron chi connectivity index (χ1n) is 12.3. The molecule has 1 aromatic heterocycles. The Balaban J connectivity index is 1.43. The van der Waals surface area contributed by atoms with Gasteiger partial charge < -0.3 is 36.0 Å². The average molecular weight is 500 g/mol. The van der Waals surface area contributed by atoms with E-state index in [1.807, 2.05) is 30.5 Å². The molecular weight excluding hydrogens is 466 g/mol. The van der Waals surface area contributed by atoms with Crippen molar-refractivity contribution in [1.82, 2.24) is 20.1 Å². The maximum atomic E-state index is 13.2. The van der Waals surface area contributed by atoms with Crippen LogP contribution in [-0.2, 0) is 25.6 Å². The monoisotopic (exact) mass is 499 g/mol. The highest BCUT2D eigenvalue weighted by Crippen LogP contribution is 2.23. The van der Waals surface area contributed by atoms with Gasteiger partial charge in [0.2, 0.25) is 17.7 Å². The minimum atomic E-state index is -1.31. The zero-order valence-corrected chi connectivity index (χ0v) is 20.2. The van der Waals surface area contributed by atoms with Crippen molar-refractivity contribution >= 4 is 34.6 Å². The summed E-state index contributed by atoms with van der Waals surface area (Å²) in [7, 11) is 0. The molecule has 2 aliphatic heterocycles. The van der Waals surface area contributed by atoms with Crippen molar-refractivity contribution in [2.45, 2.75) is 69.3 Å². The van der Waals surface area contributed by atoms with Gasteiger partial charge in [-0.05, 0) is 50.7 Å². The third-order valence-corrected chi connectivity index (χ3v) is 7.14. The number of carbonyl (C=O) groups is 4. The third kappa shape index (κ3) is 5.07. The Morgan fingerprint density at radius 3 is 2.39 bits per heavy atom. The van der Waals surface area contributed by atoms with Crippen LogP contribution in [0, 0.1) is 0 Å². The molecule has 0 saturated carbocycles. The maximum Gasteiger partial charge on any atom is 0.326 e. The van der Waals surface area contributed by atoms with Gasteiger partial charge in [-0.15, -0.1) is 0 Å². The normalized spacial score (nSPS) is 22.4. The summed E-state index contributed by atoms with van der Waals surface area (Å²) in [5.41, 5.74) is 8.13. The molecule has 2 aromatic rings. The van der Waals surface area contributed by atoms with Gasteiger partial charge >= 0.3 is 5.97 Å². The number of hydrogen-bond donors (Lipinski definition) is 5. The number of likely N-dealkylation sites (tertiary alicyclic amines) is 2. The van der Waals surface area contributed by atoms with Gasteiger partial charge in [-0.2, -0.15) is 0 Å². The van der Waals surface area contributed by atoms with Gasteiger partial charge in [0.05, 0.1) is 12.1 Å². The van der Waals surface area contributed by atoms with E-state index < -0.39 is 48.1 Å². The van der Waals surface area contributed by atoms with Crippen LogP contribution in [0.4, 0.5) is 0 Å². The van der Waals surface area contributed by atoms with Gasteiger partial charge in [-0.3, -0.25) is 14.4 Å². The first kappa shape index (κ1) is 25.6. The second kappa shape index (κ2) is 10.7. The molecule has 11 nitrogen and oxygen atoms in total. The van der Waals surface area contributed by atoms with Crippen LogP contribution >= 0.6 is 0 Å². The molecule has 0 bridgehead atoms. The standard InChI is InChI=1S/C25H33N5O6/c1-14(31)21(24(34)30-11-5-9-20(30)25(35)36)28-22(32)19-8-4-10-29(19)23(33)17(26)12-15-13-27-18-7-3-2-6-16(15)18/h2-3,6-7,13-14,17,19-21,27,31H,4-5,8-12,26H2,1H3,(H,28,32)(H,35,36). The minimum Gasteiger partial charge on any atom is -0.480 e. The van der Waals surface area contributed by atoms with E-state index in [0.29, 0.717) is 38.6 Å². The van der Waals surface area contributed by atoms with Crippen molar-refractivity contribution < 1.29 is 29.4 Å². The van der Waals surface area contributed by atoms with Crippen LogP contribution in [0.1, 0.15) is 38.2 Å². The first-order chi connectivity index (χ1) is 17.2. The van der Waals surface area contributed by atoms with Gasteiger partial charge in [0.25, 0.3) is 0 Å². The Bertz CT molecular complexity index is 1150. The molecule has 2 aliphatic rings. The number of aliphatic hydroxyl groups is 1. The van der Waals surface area contributed by atoms with E-state index in [4.69, 9.17) is 5.73 Å². The summed E-state index contributed by atoms with van der Waals surface area (Å²) in [5.74, 6) is -2.68. The zero-order chi connectivity index (χ0) is 26.0. The summed E-state index contributed by atoms with van der Waals surface area (Å²) >= 11 is 0. The average Bonchev–Trinajstić information content (AvgIpc) is 3.61. The number of nitrogens with two attached hydrogens (primary N) is 1. The quantitative estimate of drug-likeness (QED) is 0.340. The Hall–Kier alpha value is -3.44. The Kier molecular flexibility index (Phi) is 7.60. The van der Waals surface area contributed by atoms with E-state index >= 15 is 0 Å². The summed E-state index contributed by atoms with van der Waals surface area (Å²) in [6.45, 7) is 1.97. The lowest BCUT2D eigenvalue weighted by molar-refractivity contribution is -0.151. The van der Waals surface area contributed by atoms with Crippen LogP contribution in [0.3, 0.4) is 0 Å². The van der Waals surface area contributed by atoms with Crippen molar-refractivity contribution in [3.05, 3.63) is 36.0 Å². The molecule has 0 radical (unpaired) electrons. The molecule has 0 aliphatic carbocycles. The molecule has 194 valence electrons. The van der Waals surface area contributed by atoms with E-state index in [1.165, 1.54) is 16.7 Å². The number of para-hydroxylation sites is 1. The fourth-order valence-electron chi connectivity index (χ4n) is 5.24. The van der Waals surface area contributed by atoms with E-state index in [2.05, 4.69) is 10.3 Å². The van der Waals surface area contributed by atoms with Gasteiger partial charge in [0.15, 0.2) is 0 Å². The molecule has 5 unspecified atom stereocenters. The number of aliphatic carboxylic acids is 1. The number of carbonyl (C=O) groups excluding carboxylic acids is 3. The number of aromatic nitrogens is 1.